The SMILES string of the molecule is CC(C)(C)CC(C)(C)Nc1c(-c2ccc(OS(=O)(=O)c3ccc([N+](=O)[O-])cc3)cc2)nc2ccccn12. The number of imidazole rings is 1. The van der Waals surface area contributed by atoms with Gasteiger partial charge in [-0.3, -0.25) is 14.5 Å². The molecule has 9 nitrogen and oxygen atoms in total. The Labute approximate surface area is 216 Å². The first-order valence-corrected chi connectivity index (χ1v) is 13.2. The second kappa shape index (κ2) is 9.51. The number of hydrogen-bond acceptors (Lipinski definition) is 7. The Balaban J connectivity index is 1.63. The Bertz CT molecular complexity index is 1530. The van der Waals surface area contributed by atoms with Gasteiger partial charge >= 0.3 is 10.1 Å². The summed E-state index contributed by atoms with van der Waals surface area (Å²) in [5.74, 6) is 0.963. The molecular weight excluding hydrogens is 492 g/mol. The van der Waals surface area contributed by atoms with Gasteiger partial charge in [-0.05, 0) is 74.2 Å². The van der Waals surface area contributed by atoms with Gasteiger partial charge in [0.2, 0.25) is 0 Å². The zero-order valence-corrected chi connectivity index (χ0v) is 22.2. The van der Waals surface area contributed by atoms with Crippen LogP contribution in [0.25, 0.3) is 16.9 Å². The van der Waals surface area contributed by atoms with E-state index in [1.165, 1.54) is 0 Å². The summed E-state index contributed by atoms with van der Waals surface area (Å²) in [7, 11) is -4.16. The summed E-state index contributed by atoms with van der Waals surface area (Å²) in [6.07, 6.45) is 2.88. The maximum absolute atomic E-state index is 12.7. The third-order valence-electron chi connectivity index (χ3n) is 5.63. The van der Waals surface area contributed by atoms with Gasteiger partial charge in [-0.2, -0.15) is 8.42 Å². The number of nitro groups is 1. The molecule has 0 radical (unpaired) electrons. The number of anilines is 1. The summed E-state index contributed by atoms with van der Waals surface area (Å²) in [5, 5.41) is 14.5. The van der Waals surface area contributed by atoms with Gasteiger partial charge < -0.3 is 9.50 Å². The van der Waals surface area contributed by atoms with E-state index in [1.54, 1.807) is 24.3 Å². The normalized spacial score (nSPS) is 12.5. The lowest BCUT2D eigenvalue weighted by molar-refractivity contribution is -0.384. The van der Waals surface area contributed by atoms with Gasteiger partial charge in [-0.1, -0.05) is 26.8 Å². The van der Waals surface area contributed by atoms with Crippen LogP contribution in [0, 0.1) is 15.5 Å². The predicted octanol–water partition coefficient (Wildman–Crippen LogP) is 6.30. The molecule has 0 unspecified atom stereocenters. The Kier molecular flexibility index (Phi) is 6.72. The molecule has 2 aromatic heterocycles. The third kappa shape index (κ3) is 6.08. The van der Waals surface area contributed by atoms with Crippen LogP contribution in [0.15, 0.2) is 77.8 Å². The molecule has 1 N–H and O–H groups in total. The molecule has 10 heteroatoms. The topological polar surface area (TPSA) is 116 Å². The van der Waals surface area contributed by atoms with E-state index in [4.69, 9.17) is 9.17 Å². The maximum Gasteiger partial charge on any atom is 0.339 e. The first kappa shape index (κ1) is 26.2. The highest BCUT2D eigenvalue weighted by Crippen LogP contribution is 2.35. The van der Waals surface area contributed by atoms with Crippen LogP contribution in [0.1, 0.15) is 41.0 Å². The van der Waals surface area contributed by atoms with Crippen molar-refractivity contribution in [2.45, 2.75) is 51.5 Å². The molecular formula is C27H30N4O5S. The van der Waals surface area contributed by atoms with E-state index < -0.39 is 15.0 Å². The van der Waals surface area contributed by atoms with Gasteiger partial charge in [-0.15, -0.1) is 0 Å². The molecule has 0 bridgehead atoms. The summed E-state index contributed by atoms with van der Waals surface area (Å²) in [6, 6.07) is 17.0. The van der Waals surface area contributed by atoms with Gasteiger partial charge in [0.15, 0.2) is 0 Å². The molecule has 0 fully saturated rings. The highest BCUT2D eigenvalue weighted by molar-refractivity contribution is 7.87. The Morgan fingerprint density at radius 3 is 2.22 bits per heavy atom. The lowest BCUT2D eigenvalue weighted by Gasteiger charge is -2.34. The minimum absolute atomic E-state index is 0.116. The maximum atomic E-state index is 12.7. The minimum atomic E-state index is -4.16. The quantitative estimate of drug-likeness (QED) is 0.164. The highest BCUT2D eigenvalue weighted by atomic mass is 32.2. The van der Waals surface area contributed by atoms with Gasteiger partial charge in [0.25, 0.3) is 5.69 Å². The summed E-state index contributed by atoms with van der Waals surface area (Å²) >= 11 is 0. The third-order valence-corrected chi connectivity index (χ3v) is 6.89. The van der Waals surface area contributed by atoms with E-state index in [2.05, 4.69) is 39.9 Å². The number of pyridine rings is 1. The molecule has 0 amide bonds. The van der Waals surface area contributed by atoms with Crippen molar-refractivity contribution in [2.75, 3.05) is 5.32 Å². The number of hydrogen-bond donors (Lipinski definition) is 1. The van der Waals surface area contributed by atoms with Crippen LogP contribution in [0.2, 0.25) is 0 Å². The molecule has 0 atom stereocenters. The number of benzene rings is 2. The molecule has 2 heterocycles. The fourth-order valence-electron chi connectivity index (χ4n) is 4.58. The van der Waals surface area contributed by atoms with Crippen LogP contribution in [0.4, 0.5) is 11.5 Å². The largest absolute Gasteiger partial charge is 0.379 e. The van der Waals surface area contributed by atoms with Crippen LogP contribution in [-0.4, -0.2) is 28.3 Å². The van der Waals surface area contributed by atoms with Gasteiger partial charge in [0.1, 0.15) is 27.8 Å². The van der Waals surface area contributed by atoms with Gasteiger partial charge in [0.05, 0.1) is 4.92 Å². The number of nitrogens with one attached hydrogen (secondary N) is 1. The standard InChI is InChI=1S/C27H30N4O5S/c1-26(2,3)18-27(4,5)29-25-24(28-23-8-6-7-17-30(23)25)19-9-13-21(14-10-19)36-37(34,35)22-15-11-20(12-16-22)31(32)33/h6-17,29H,18H2,1-5H3. The molecule has 0 saturated heterocycles. The summed E-state index contributed by atoms with van der Waals surface area (Å²) in [6.45, 7) is 10.9. The average molecular weight is 523 g/mol. The molecule has 0 aliphatic heterocycles. The van der Waals surface area contributed by atoms with Crippen molar-refractivity contribution in [3.05, 3.63) is 83.0 Å². The van der Waals surface area contributed by atoms with Gasteiger partial charge in [0, 0.05) is 29.4 Å². The predicted molar refractivity (Wildman–Crippen MR) is 143 cm³/mol. The Morgan fingerprint density at radius 2 is 1.62 bits per heavy atom. The van der Waals surface area contributed by atoms with Crippen LogP contribution in [0.5, 0.6) is 5.75 Å². The molecule has 37 heavy (non-hydrogen) atoms. The zero-order valence-electron chi connectivity index (χ0n) is 21.4. The van der Waals surface area contributed by atoms with Crippen LogP contribution in [0.3, 0.4) is 0 Å². The second-order valence-electron chi connectivity index (χ2n) is 10.8. The molecule has 0 spiro atoms. The summed E-state index contributed by atoms with van der Waals surface area (Å²) < 4.78 is 32.6. The van der Waals surface area contributed by atoms with Gasteiger partial charge in [-0.25, -0.2) is 4.98 Å². The number of aromatic nitrogens is 2. The van der Waals surface area contributed by atoms with Crippen molar-refractivity contribution in [3.8, 4) is 17.0 Å². The van der Waals surface area contributed by atoms with E-state index in [0.29, 0.717) is 0 Å². The van der Waals surface area contributed by atoms with Crippen LogP contribution in [-0.2, 0) is 10.1 Å². The smallest absolute Gasteiger partial charge is 0.339 e. The van der Waals surface area contributed by atoms with Crippen LogP contribution >= 0.6 is 0 Å². The van der Waals surface area contributed by atoms with Crippen molar-refractivity contribution in [3.63, 3.8) is 0 Å². The van der Waals surface area contributed by atoms with Crippen molar-refractivity contribution in [1.82, 2.24) is 9.38 Å². The molecule has 0 saturated carbocycles. The van der Waals surface area contributed by atoms with E-state index in [9.17, 15) is 18.5 Å². The molecule has 0 aliphatic rings. The molecule has 4 rings (SSSR count). The summed E-state index contributed by atoms with van der Waals surface area (Å²) in [4.78, 5) is 14.9. The first-order valence-electron chi connectivity index (χ1n) is 11.8. The number of non-ortho nitro benzene ring substituents is 1. The van der Waals surface area contributed by atoms with Crippen molar-refractivity contribution in [2.24, 2.45) is 5.41 Å². The molecule has 0 aliphatic carbocycles. The monoisotopic (exact) mass is 522 g/mol. The summed E-state index contributed by atoms with van der Waals surface area (Å²) in [5.41, 5.74) is 2.00. The molecule has 4 aromatic rings. The molecule has 194 valence electrons. The Morgan fingerprint density at radius 1 is 0.973 bits per heavy atom. The second-order valence-corrected chi connectivity index (χ2v) is 12.3. The fourth-order valence-corrected chi connectivity index (χ4v) is 5.51. The van der Waals surface area contributed by atoms with E-state index in [-0.39, 0.29) is 27.3 Å². The van der Waals surface area contributed by atoms with Crippen LogP contribution < -0.4 is 9.50 Å². The molecule has 2 aromatic carbocycles. The average Bonchev–Trinajstić information content (AvgIpc) is 3.15. The highest BCUT2D eigenvalue weighted by Gasteiger charge is 2.28. The first-order chi connectivity index (χ1) is 17.2. The number of nitro benzene ring substituents is 1. The number of fused-ring (bicyclic) bond motifs is 1. The van der Waals surface area contributed by atoms with E-state index in [0.717, 1.165) is 53.4 Å². The zero-order chi connectivity index (χ0) is 27.0. The van der Waals surface area contributed by atoms with Crippen molar-refractivity contribution in [1.29, 1.82) is 0 Å². The van der Waals surface area contributed by atoms with Crippen molar-refractivity contribution < 1.29 is 17.5 Å². The number of nitrogens with zero attached hydrogens (tertiary/aromatic N) is 3. The fraction of sp³-hybridized carbons (Fsp3) is 0.296. The van der Waals surface area contributed by atoms with E-state index >= 15 is 0 Å². The lowest BCUT2D eigenvalue weighted by Crippen LogP contribution is -2.36. The lowest BCUT2D eigenvalue weighted by atomic mass is 9.82. The Hall–Kier alpha value is -3.92. The number of rotatable bonds is 8. The minimum Gasteiger partial charge on any atom is -0.379 e. The van der Waals surface area contributed by atoms with Crippen molar-refractivity contribution >= 4 is 27.3 Å². The van der Waals surface area contributed by atoms with E-state index in [1.807, 2.05) is 28.8 Å².